The smallest absolute Gasteiger partial charge is 0.231 e. The monoisotopic (exact) mass is 314 g/mol. The second-order valence-corrected chi connectivity index (χ2v) is 6.96. The van der Waals surface area contributed by atoms with Crippen LogP contribution in [-0.2, 0) is 16.6 Å². The minimum atomic E-state index is -3.09. The van der Waals surface area contributed by atoms with Gasteiger partial charge in [-0.15, -0.1) is 0 Å². The predicted octanol–water partition coefficient (Wildman–Crippen LogP) is 1.18. The fourth-order valence-corrected chi connectivity index (χ4v) is 3.15. The van der Waals surface area contributed by atoms with Crippen LogP contribution in [0.25, 0.3) is 0 Å². The molecular formula is C14H22N2O4S. The van der Waals surface area contributed by atoms with Crippen LogP contribution in [0, 0.1) is 0 Å². The summed E-state index contributed by atoms with van der Waals surface area (Å²) in [5.74, 6) is 1.56. The number of ether oxygens (including phenoxy) is 2. The Morgan fingerprint density at radius 3 is 2.76 bits per heavy atom. The van der Waals surface area contributed by atoms with E-state index in [0.717, 1.165) is 36.6 Å². The summed E-state index contributed by atoms with van der Waals surface area (Å²) in [6.07, 6.45) is 2.03. The van der Waals surface area contributed by atoms with Crippen LogP contribution in [-0.4, -0.2) is 45.4 Å². The number of fused-ring (bicyclic) bond motifs is 1. The molecule has 21 heavy (non-hydrogen) atoms. The number of nitrogens with zero attached hydrogens (tertiary/aromatic N) is 1. The lowest BCUT2D eigenvalue weighted by Crippen LogP contribution is -2.32. The van der Waals surface area contributed by atoms with Gasteiger partial charge in [-0.05, 0) is 30.7 Å². The van der Waals surface area contributed by atoms with E-state index in [-0.39, 0.29) is 6.79 Å². The summed E-state index contributed by atoms with van der Waals surface area (Å²) in [4.78, 5) is 0. The lowest BCUT2D eigenvalue weighted by molar-refractivity contribution is 0.174. The largest absolute Gasteiger partial charge is 0.454 e. The van der Waals surface area contributed by atoms with Gasteiger partial charge in [0.25, 0.3) is 0 Å². The topological polar surface area (TPSA) is 67.9 Å². The van der Waals surface area contributed by atoms with Crippen molar-refractivity contribution in [3.05, 3.63) is 23.8 Å². The van der Waals surface area contributed by atoms with Crippen LogP contribution in [0.3, 0.4) is 0 Å². The van der Waals surface area contributed by atoms with Gasteiger partial charge in [-0.1, -0.05) is 13.0 Å². The molecule has 1 aromatic rings. The van der Waals surface area contributed by atoms with E-state index in [2.05, 4.69) is 5.32 Å². The quantitative estimate of drug-likeness (QED) is 0.730. The number of nitrogens with one attached hydrogen (secondary N) is 1. The molecule has 0 saturated heterocycles. The van der Waals surface area contributed by atoms with Gasteiger partial charge in [0, 0.05) is 19.6 Å². The minimum Gasteiger partial charge on any atom is -0.454 e. The summed E-state index contributed by atoms with van der Waals surface area (Å²) in [5.41, 5.74) is 1.12. The summed E-state index contributed by atoms with van der Waals surface area (Å²) in [6, 6.07) is 5.86. The molecule has 118 valence electrons. The van der Waals surface area contributed by atoms with E-state index in [1.165, 1.54) is 10.6 Å². The molecular weight excluding hydrogens is 292 g/mol. The molecule has 2 rings (SSSR count). The highest BCUT2D eigenvalue weighted by atomic mass is 32.2. The molecule has 0 fully saturated rings. The van der Waals surface area contributed by atoms with E-state index in [1.807, 2.05) is 25.1 Å². The first-order valence-electron chi connectivity index (χ1n) is 7.05. The second-order valence-electron chi connectivity index (χ2n) is 4.97. The Morgan fingerprint density at radius 1 is 1.29 bits per heavy atom. The molecule has 0 aliphatic carbocycles. The fourth-order valence-electron chi connectivity index (χ4n) is 2.22. The van der Waals surface area contributed by atoms with Crippen LogP contribution in [0.1, 0.15) is 18.9 Å². The first kappa shape index (κ1) is 16.1. The Labute approximate surface area is 126 Å². The van der Waals surface area contributed by atoms with Gasteiger partial charge < -0.3 is 14.8 Å². The number of sulfonamides is 1. The van der Waals surface area contributed by atoms with Gasteiger partial charge in [0.05, 0.1) is 6.26 Å². The number of hydrogen-bond donors (Lipinski definition) is 1. The van der Waals surface area contributed by atoms with Gasteiger partial charge in [0.15, 0.2) is 11.5 Å². The standard InChI is InChI=1S/C14H22N2O4S/c1-3-16(21(2,17)18)8-4-7-15-10-12-5-6-13-14(9-12)20-11-19-13/h5-6,9,15H,3-4,7-8,10-11H2,1-2H3. The van der Waals surface area contributed by atoms with Crippen molar-refractivity contribution in [1.82, 2.24) is 9.62 Å². The lowest BCUT2D eigenvalue weighted by Gasteiger charge is -2.17. The lowest BCUT2D eigenvalue weighted by atomic mass is 10.2. The Morgan fingerprint density at radius 2 is 2.05 bits per heavy atom. The van der Waals surface area contributed by atoms with Crippen molar-refractivity contribution in [3.63, 3.8) is 0 Å². The Balaban J connectivity index is 1.70. The second kappa shape index (κ2) is 7.11. The molecule has 1 N–H and O–H groups in total. The molecule has 1 heterocycles. The zero-order chi connectivity index (χ0) is 15.3. The summed E-state index contributed by atoms with van der Waals surface area (Å²) in [7, 11) is -3.09. The van der Waals surface area contributed by atoms with Crippen molar-refractivity contribution in [2.24, 2.45) is 0 Å². The van der Waals surface area contributed by atoms with Gasteiger partial charge in [0.1, 0.15) is 0 Å². The Bertz CT molecular complexity index is 574. The third kappa shape index (κ3) is 4.59. The molecule has 1 aliphatic heterocycles. The van der Waals surface area contributed by atoms with Crippen molar-refractivity contribution in [2.75, 3.05) is 32.7 Å². The highest BCUT2D eigenvalue weighted by Crippen LogP contribution is 2.32. The zero-order valence-electron chi connectivity index (χ0n) is 12.5. The maximum absolute atomic E-state index is 11.4. The van der Waals surface area contributed by atoms with Gasteiger partial charge >= 0.3 is 0 Å². The first-order valence-corrected chi connectivity index (χ1v) is 8.90. The molecule has 7 heteroatoms. The first-order chi connectivity index (χ1) is 10.0. The Kier molecular flexibility index (Phi) is 5.44. The highest BCUT2D eigenvalue weighted by molar-refractivity contribution is 7.88. The molecule has 1 aliphatic rings. The van der Waals surface area contributed by atoms with Crippen molar-refractivity contribution in [2.45, 2.75) is 19.9 Å². The highest BCUT2D eigenvalue weighted by Gasteiger charge is 2.14. The minimum absolute atomic E-state index is 0.282. The van der Waals surface area contributed by atoms with Gasteiger partial charge in [-0.3, -0.25) is 0 Å². The maximum atomic E-state index is 11.4. The molecule has 0 spiro atoms. The van der Waals surface area contributed by atoms with Crippen LogP contribution in [0.4, 0.5) is 0 Å². The third-order valence-electron chi connectivity index (χ3n) is 3.35. The SMILES string of the molecule is CCN(CCCNCc1ccc2c(c1)OCO2)S(C)(=O)=O. The van der Waals surface area contributed by atoms with Crippen LogP contribution >= 0.6 is 0 Å². The number of hydrogen-bond acceptors (Lipinski definition) is 5. The maximum Gasteiger partial charge on any atom is 0.231 e. The normalized spacial score (nSPS) is 13.9. The average molecular weight is 314 g/mol. The van der Waals surface area contributed by atoms with E-state index in [4.69, 9.17) is 9.47 Å². The number of benzene rings is 1. The van der Waals surface area contributed by atoms with E-state index in [0.29, 0.717) is 13.1 Å². The Hall–Kier alpha value is -1.31. The molecule has 0 amide bonds. The van der Waals surface area contributed by atoms with Crippen molar-refractivity contribution < 1.29 is 17.9 Å². The third-order valence-corrected chi connectivity index (χ3v) is 4.73. The fraction of sp³-hybridized carbons (Fsp3) is 0.571. The molecule has 1 aromatic carbocycles. The van der Waals surface area contributed by atoms with Gasteiger partial charge in [-0.2, -0.15) is 0 Å². The molecule has 0 unspecified atom stereocenters. The molecule has 0 saturated carbocycles. The van der Waals surface area contributed by atoms with Crippen LogP contribution in [0.15, 0.2) is 18.2 Å². The van der Waals surface area contributed by atoms with Gasteiger partial charge in [-0.25, -0.2) is 12.7 Å². The van der Waals surface area contributed by atoms with E-state index >= 15 is 0 Å². The van der Waals surface area contributed by atoms with Crippen LogP contribution < -0.4 is 14.8 Å². The van der Waals surface area contributed by atoms with Gasteiger partial charge in [0.2, 0.25) is 16.8 Å². The predicted molar refractivity (Wildman–Crippen MR) is 81.0 cm³/mol. The average Bonchev–Trinajstić information content (AvgIpc) is 2.88. The van der Waals surface area contributed by atoms with Crippen molar-refractivity contribution in [1.29, 1.82) is 0 Å². The van der Waals surface area contributed by atoms with Crippen LogP contribution in [0.2, 0.25) is 0 Å². The summed E-state index contributed by atoms with van der Waals surface area (Å²) in [5, 5.41) is 3.31. The molecule has 0 bridgehead atoms. The van der Waals surface area contributed by atoms with Crippen molar-refractivity contribution in [3.8, 4) is 11.5 Å². The summed E-state index contributed by atoms with van der Waals surface area (Å²) in [6.45, 7) is 4.68. The van der Waals surface area contributed by atoms with E-state index in [9.17, 15) is 8.42 Å². The van der Waals surface area contributed by atoms with Crippen LogP contribution in [0.5, 0.6) is 11.5 Å². The zero-order valence-corrected chi connectivity index (χ0v) is 13.3. The molecule has 0 atom stereocenters. The molecule has 0 radical (unpaired) electrons. The summed E-state index contributed by atoms with van der Waals surface area (Å²) >= 11 is 0. The van der Waals surface area contributed by atoms with Crippen molar-refractivity contribution >= 4 is 10.0 Å². The van der Waals surface area contributed by atoms with E-state index in [1.54, 1.807) is 0 Å². The summed E-state index contributed by atoms with van der Waals surface area (Å²) < 4.78 is 34.9. The molecule has 6 nitrogen and oxygen atoms in total. The number of rotatable bonds is 8. The molecule has 0 aromatic heterocycles. The van der Waals surface area contributed by atoms with E-state index < -0.39 is 10.0 Å².